The molecule has 17 heavy (non-hydrogen) atoms. The Labute approximate surface area is 103 Å². The molecule has 1 unspecified atom stereocenters. The molecule has 1 aliphatic carbocycles. The molecule has 1 atom stereocenters. The molecular weight excluding hydrogens is 213 g/mol. The molecule has 94 valence electrons. The Kier molecular flexibility index (Phi) is 4.16. The minimum atomic E-state index is -0.137. The van der Waals surface area contributed by atoms with E-state index in [0.29, 0.717) is 5.56 Å². The first-order valence-corrected chi connectivity index (χ1v) is 6.68. The van der Waals surface area contributed by atoms with Gasteiger partial charge in [-0.2, -0.15) is 0 Å². The molecule has 0 spiro atoms. The van der Waals surface area contributed by atoms with Crippen LogP contribution in [0.25, 0.3) is 0 Å². The topological polar surface area (TPSA) is 26.0 Å². The van der Waals surface area contributed by atoms with Crippen molar-refractivity contribution in [1.29, 1.82) is 0 Å². The SMILES string of the molecule is Cc1ccc(C(N)CC2CCCCC2)cc1F. The molecular formula is C15H22FN. The van der Waals surface area contributed by atoms with Gasteiger partial charge in [0.1, 0.15) is 5.82 Å². The van der Waals surface area contributed by atoms with Crippen LogP contribution in [0.4, 0.5) is 4.39 Å². The van der Waals surface area contributed by atoms with Crippen LogP contribution in [-0.2, 0) is 0 Å². The summed E-state index contributed by atoms with van der Waals surface area (Å²) < 4.78 is 13.5. The van der Waals surface area contributed by atoms with Gasteiger partial charge >= 0.3 is 0 Å². The first-order valence-electron chi connectivity index (χ1n) is 6.68. The summed E-state index contributed by atoms with van der Waals surface area (Å²) in [6.45, 7) is 1.78. The Hall–Kier alpha value is -0.890. The summed E-state index contributed by atoms with van der Waals surface area (Å²) in [5, 5.41) is 0. The quantitative estimate of drug-likeness (QED) is 0.838. The van der Waals surface area contributed by atoms with Crippen molar-refractivity contribution in [2.75, 3.05) is 0 Å². The van der Waals surface area contributed by atoms with E-state index in [9.17, 15) is 4.39 Å². The second kappa shape index (κ2) is 5.63. The molecule has 0 aliphatic heterocycles. The van der Waals surface area contributed by atoms with E-state index in [1.54, 1.807) is 13.0 Å². The summed E-state index contributed by atoms with van der Waals surface area (Å²) in [6, 6.07) is 5.38. The lowest BCUT2D eigenvalue weighted by molar-refractivity contribution is 0.319. The number of aryl methyl sites for hydroxylation is 1. The zero-order valence-electron chi connectivity index (χ0n) is 10.6. The van der Waals surface area contributed by atoms with Gasteiger partial charge in [0.25, 0.3) is 0 Å². The van der Waals surface area contributed by atoms with Crippen LogP contribution in [0, 0.1) is 18.7 Å². The molecule has 2 heteroatoms. The normalized spacial score (nSPS) is 19.2. The number of halogens is 1. The minimum Gasteiger partial charge on any atom is -0.324 e. The number of hydrogen-bond acceptors (Lipinski definition) is 1. The van der Waals surface area contributed by atoms with Gasteiger partial charge in [-0.25, -0.2) is 4.39 Å². The predicted octanol–water partition coefficient (Wildman–Crippen LogP) is 4.10. The highest BCUT2D eigenvalue weighted by Crippen LogP contribution is 2.31. The molecule has 1 nitrogen and oxygen atoms in total. The smallest absolute Gasteiger partial charge is 0.126 e. The van der Waals surface area contributed by atoms with Gasteiger partial charge in [0.2, 0.25) is 0 Å². The molecule has 1 fully saturated rings. The van der Waals surface area contributed by atoms with Gasteiger partial charge in [-0.15, -0.1) is 0 Å². The van der Waals surface area contributed by atoms with E-state index in [1.165, 1.54) is 32.1 Å². The van der Waals surface area contributed by atoms with E-state index < -0.39 is 0 Å². The zero-order chi connectivity index (χ0) is 12.3. The van der Waals surface area contributed by atoms with Crippen LogP contribution in [0.3, 0.4) is 0 Å². The molecule has 0 radical (unpaired) electrons. The van der Waals surface area contributed by atoms with E-state index >= 15 is 0 Å². The Morgan fingerprint density at radius 3 is 2.65 bits per heavy atom. The van der Waals surface area contributed by atoms with Gasteiger partial charge in [0.15, 0.2) is 0 Å². The molecule has 1 aromatic rings. The van der Waals surface area contributed by atoms with Crippen molar-refractivity contribution in [3.05, 3.63) is 35.1 Å². The standard InChI is InChI=1S/C15H22FN/c1-11-7-8-13(10-14(11)16)15(17)9-12-5-3-2-4-6-12/h7-8,10,12,15H,2-6,9,17H2,1H3. The third-order valence-corrected chi connectivity index (χ3v) is 3.94. The molecule has 1 aliphatic rings. The zero-order valence-corrected chi connectivity index (χ0v) is 10.6. The van der Waals surface area contributed by atoms with Crippen LogP contribution in [0.1, 0.15) is 55.7 Å². The van der Waals surface area contributed by atoms with Crippen molar-refractivity contribution >= 4 is 0 Å². The molecule has 0 aromatic heterocycles. The first kappa shape index (κ1) is 12.6. The van der Waals surface area contributed by atoms with Gasteiger partial charge in [-0.1, -0.05) is 44.2 Å². The van der Waals surface area contributed by atoms with Crippen molar-refractivity contribution < 1.29 is 4.39 Å². The fourth-order valence-corrected chi connectivity index (χ4v) is 2.76. The fourth-order valence-electron chi connectivity index (χ4n) is 2.76. The highest BCUT2D eigenvalue weighted by atomic mass is 19.1. The number of rotatable bonds is 3. The van der Waals surface area contributed by atoms with Crippen LogP contribution in [0.2, 0.25) is 0 Å². The van der Waals surface area contributed by atoms with E-state index in [-0.39, 0.29) is 11.9 Å². The van der Waals surface area contributed by atoms with Crippen molar-refractivity contribution in [1.82, 2.24) is 0 Å². The second-order valence-corrected chi connectivity index (χ2v) is 5.35. The van der Waals surface area contributed by atoms with Gasteiger partial charge in [0.05, 0.1) is 0 Å². The van der Waals surface area contributed by atoms with Gasteiger partial charge in [-0.05, 0) is 36.5 Å². The number of benzene rings is 1. The first-order chi connectivity index (χ1) is 8.16. The molecule has 1 saturated carbocycles. The van der Waals surface area contributed by atoms with Crippen LogP contribution < -0.4 is 5.73 Å². The Morgan fingerprint density at radius 1 is 1.29 bits per heavy atom. The Bertz CT molecular complexity index is 369. The lowest BCUT2D eigenvalue weighted by atomic mass is 9.83. The maximum absolute atomic E-state index is 13.5. The van der Waals surface area contributed by atoms with Crippen molar-refractivity contribution in [2.45, 2.75) is 51.5 Å². The van der Waals surface area contributed by atoms with Crippen molar-refractivity contribution in [2.24, 2.45) is 11.7 Å². The summed E-state index contributed by atoms with van der Waals surface area (Å²) >= 11 is 0. The third kappa shape index (κ3) is 3.29. The average Bonchev–Trinajstić information content (AvgIpc) is 2.34. The van der Waals surface area contributed by atoms with E-state index in [0.717, 1.165) is 17.9 Å². The lowest BCUT2D eigenvalue weighted by Crippen LogP contribution is -2.17. The summed E-state index contributed by atoms with van der Waals surface area (Å²) in [6.07, 6.45) is 7.62. The molecule has 2 rings (SSSR count). The number of nitrogens with two attached hydrogens (primary N) is 1. The van der Waals surface area contributed by atoms with Crippen molar-refractivity contribution in [3.8, 4) is 0 Å². The van der Waals surface area contributed by atoms with Gasteiger partial charge in [0, 0.05) is 6.04 Å². The van der Waals surface area contributed by atoms with Crippen molar-refractivity contribution in [3.63, 3.8) is 0 Å². The van der Waals surface area contributed by atoms with Crippen LogP contribution in [0.15, 0.2) is 18.2 Å². The summed E-state index contributed by atoms with van der Waals surface area (Å²) in [5.41, 5.74) is 7.81. The summed E-state index contributed by atoms with van der Waals surface area (Å²) in [5.74, 6) is 0.602. The van der Waals surface area contributed by atoms with Crippen LogP contribution in [0.5, 0.6) is 0 Å². The predicted molar refractivity (Wildman–Crippen MR) is 69.3 cm³/mol. The minimum absolute atomic E-state index is 0.00630. The monoisotopic (exact) mass is 235 g/mol. The Balaban J connectivity index is 1.98. The highest BCUT2D eigenvalue weighted by Gasteiger charge is 2.18. The van der Waals surface area contributed by atoms with Gasteiger partial charge in [-0.3, -0.25) is 0 Å². The molecule has 0 saturated heterocycles. The third-order valence-electron chi connectivity index (χ3n) is 3.94. The largest absolute Gasteiger partial charge is 0.324 e. The molecule has 0 heterocycles. The number of hydrogen-bond donors (Lipinski definition) is 1. The Morgan fingerprint density at radius 2 is 2.00 bits per heavy atom. The maximum Gasteiger partial charge on any atom is 0.126 e. The van der Waals surface area contributed by atoms with E-state index in [4.69, 9.17) is 5.73 Å². The average molecular weight is 235 g/mol. The molecule has 0 bridgehead atoms. The van der Waals surface area contributed by atoms with Gasteiger partial charge < -0.3 is 5.73 Å². The lowest BCUT2D eigenvalue weighted by Gasteiger charge is -2.24. The summed E-state index contributed by atoms with van der Waals surface area (Å²) in [7, 11) is 0. The van der Waals surface area contributed by atoms with Crippen LogP contribution >= 0.6 is 0 Å². The van der Waals surface area contributed by atoms with E-state index in [1.807, 2.05) is 12.1 Å². The molecule has 0 amide bonds. The van der Waals surface area contributed by atoms with E-state index in [2.05, 4.69) is 0 Å². The maximum atomic E-state index is 13.5. The van der Waals surface area contributed by atoms with Crippen LogP contribution in [-0.4, -0.2) is 0 Å². The highest BCUT2D eigenvalue weighted by molar-refractivity contribution is 5.25. The molecule has 1 aromatic carbocycles. The fraction of sp³-hybridized carbons (Fsp3) is 0.600. The summed E-state index contributed by atoms with van der Waals surface area (Å²) in [4.78, 5) is 0. The molecule has 2 N–H and O–H groups in total. The second-order valence-electron chi connectivity index (χ2n) is 5.35.